The van der Waals surface area contributed by atoms with Crippen molar-refractivity contribution in [3.8, 4) is 28.3 Å². The van der Waals surface area contributed by atoms with Crippen LogP contribution in [0.15, 0.2) is 206 Å². The van der Waals surface area contributed by atoms with E-state index in [0.717, 1.165) is 44.6 Å². The quantitative estimate of drug-likeness (QED) is 0.165. The molecule has 59 heavy (non-hydrogen) atoms. The van der Waals surface area contributed by atoms with Crippen LogP contribution in [0.2, 0.25) is 0 Å². The van der Waals surface area contributed by atoms with Crippen LogP contribution in [0.25, 0.3) is 115 Å². The lowest BCUT2D eigenvalue weighted by Crippen LogP contribution is -1.99. The topological polar surface area (TPSA) is 27.7 Å². The molecule has 0 aliphatic heterocycles. The summed E-state index contributed by atoms with van der Waals surface area (Å²) in [5, 5.41) is 10.9. The van der Waals surface area contributed by atoms with Gasteiger partial charge in [0.15, 0.2) is 0 Å². The van der Waals surface area contributed by atoms with Crippen molar-refractivity contribution in [1.29, 1.82) is 0 Å². The van der Waals surface area contributed by atoms with Crippen molar-refractivity contribution < 1.29 is 0 Å². The summed E-state index contributed by atoms with van der Waals surface area (Å²) in [6, 6.07) is 74.8. The molecule has 0 spiro atoms. The number of hydrogen-bond donors (Lipinski definition) is 0. The molecule has 0 aliphatic carbocycles. The van der Waals surface area contributed by atoms with Crippen molar-refractivity contribution in [1.82, 2.24) is 18.7 Å². The van der Waals surface area contributed by atoms with Gasteiger partial charge in [-0.05, 0) is 78.2 Å². The van der Waals surface area contributed by atoms with E-state index in [-0.39, 0.29) is 0 Å². The summed E-state index contributed by atoms with van der Waals surface area (Å²) in [7, 11) is 0. The van der Waals surface area contributed by atoms with Gasteiger partial charge in [0, 0.05) is 65.7 Å². The lowest BCUT2D eigenvalue weighted by atomic mass is 9.97. The van der Waals surface area contributed by atoms with Crippen molar-refractivity contribution in [3.05, 3.63) is 206 Å². The van der Waals surface area contributed by atoms with Crippen LogP contribution >= 0.6 is 0 Å². The summed E-state index contributed by atoms with van der Waals surface area (Å²) in [4.78, 5) is 5.42. The highest BCUT2D eigenvalue weighted by Gasteiger charge is 2.22. The standard InChI is InChI=1S/C55H34N4/c1-3-15-36(16-4-1)57-49-24-12-10-22-42(49)46-33-45-39-19-7-11-23-48(39)56-53(47(45)34-52(46)57)35-27-29-38(30-28-35)59-51-26-14-9-21-41(51)44-32-31-43-40-20-8-13-25-50(40)58(54(43)55(44)59)37-17-5-2-6-18-37/h1-34H. The molecule has 0 radical (unpaired) electrons. The van der Waals surface area contributed by atoms with E-state index in [1.807, 2.05) is 0 Å². The molecule has 0 saturated heterocycles. The fourth-order valence-corrected chi connectivity index (χ4v) is 9.87. The minimum absolute atomic E-state index is 0.978. The van der Waals surface area contributed by atoms with Gasteiger partial charge < -0.3 is 13.7 Å². The summed E-state index contributed by atoms with van der Waals surface area (Å²) in [6.45, 7) is 0. The Morgan fingerprint density at radius 2 is 0.729 bits per heavy atom. The number of hydrogen-bond acceptors (Lipinski definition) is 1. The van der Waals surface area contributed by atoms with Crippen LogP contribution in [0.1, 0.15) is 0 Å². The summed E-state index contributed by atoms with van der Waals surface area (Å²) < 4.78 is 7.30. The summed E-state index contributed by atoms with van der Waals surface area (Å²) >= 11 is 0. The van der Waals surface area contributed by atoms with E-state index in [0.29, 0.717) is 0 Å². The van der Waals surface area contributed by atoms with Crippen molar-refractivity contribution in [2.45, 2.75) is 0 Å². The van der Waals surface area contributed by atoms with E-state index in [4.69, 9.17) is 4.98 Å². The number of aromatic nitrogens is 4. The normalized spacial score (nSPS) is 12.1. The third kappa shape index (κ3) is 4.57. The average Bonchev–Trinajstić information content (AvgIpc) is 3.94. The van der Waals surface area contributed by atoms with E-state index in [9.17, 15) is 0 Å². The van der Waals surface area contributed by atoms with Crippen LogP contribution in [0, 0.1) is 0 Å². The molecule has 0 amide bonds. The van der Waals surface area contributed by atoms with E-state index >= 15 is 0 Å². The van der Waals surface area contributed by atoms with Crippen molar-refractivity contribution in [3.63, 3.8) is 0 Å². The van der Waals surface area contributed by atoms with Gasteiger partial charge >= 0.3 is 0 Å². The Morgan fingerprint density at radius 3 is 1.32 bits per heavy atom. The third-order valence-corrected chi connectivity index (χ3v) is 12.4. The highest BCUT2D eigenvalue weighted by molar-refractivity contribution is 6.24. The number of nitrogens with zero attached hydrogens (tertiary/aromatic N) is 4. The van der Waals surface area contributed by atoms with Crippen molar-refractivity contribution in [2.75, 3.05) is 0 Å². The van der Waals surface area contributed by atoms with Gasteiger partial charge in [-0.25, -0.2) is 4.98 Å². The molecular formula is C55H34N4. The molecule has 0 atom stereocenters. The van der Waals surface area contributed by atoms with Gasteiger partial charge in [-0.1, -0.05) is 133 Å². The van der Waals surface area contributed by atoms with Gasteiger partial charge in [-0.2, -0.15) is 0 Å². The lowest BCUT2D eigenvalue weighted by Gasteiger charge is -2.14. The predicted octanol–water partition coefficient (Wildman–Crippen LogP) is 14.3. The van der Waals surface area contributed by atoms with Crippen LogP contribution in [0.3, 0.4) is 0 Å². The molecule has 13 aromatic rings. The predicted molar refractivity (Wildman–Crippen MR) is 248 cm³/mol. The van der Waals surface area contributed by atoms with Crippen molar-refractivity contribution in [2.24, 2.45) is 0 Å². The Morgan fingerprint density at radius 1 is 0.271 bits per heavy atom. The molecule has 4 heterocycles. The number of rotatable bonds is 4. The van der Waals surface area contributed by atoms with Gasteiger partial charge in [0.25, 0.3) is 0 Å². The SMILES string of the molecule is c1ccc(-n2c3ccccc3c3cc4c(cc32)c(-c2ccc(-n3c5ccccc5c5ccc6c7ccccc7n(-c7ccccc7)c6c53)cc2)nc2ccccc24)cc1. The van der Waals surface area contributed by atoms with Gasteiger partial charge in [0.1, 0.15) is 0 Å². The van der Waals surface area contributed by atoms with Crippen LogP contribution < -0.4 is 0 Å². The molecule has 4 nitrogen and oxygen atoms in total. The van der Waals surface area contributed by atoms with Crippen LogP contribution in [-0.2, 0) is 0 Å². The maximum absolute atomic E-state index is 5.42. The zero-order valence-electron chi connectivity index (χ0n) is 31.9. The lowest BCUT2D eigenvalue weighted by molar-refractivity contribution is 1.15. The second kappa shape index (κ2) is 12.3. The number of pyridine rings is 1. The molecular weight excluding hydrogens is 717 g/mol. The van der Waals surface area contributed by atoms with E-state index in [1.165, 1.54) is 70.8 Å². The number of benzene rings is 9. The average molecular weight is 751 g/mol. The molecule has 274 valence electrons. The smallest absolute Gasteiger partial charge is 0.0788 e. The van der Waals surface area contributed by atoms with Crippen LogP contribution in [0.4, 0.5) is 0 Å². The van der Waals surface area contributed by atoms with Gasteiger partial charge in [0.05, 0.1) is 44.3 Å². The molecule has 0 bridgehead atoms. The first-order chi connectivity index (χ1) is 29.3. The largest absolute Gasteiger partial charge is 0.309 e. The third-order valence-electron chi connectivity index (χ3n) is 12.4. The summed E-state index contributed by atoms with van der Waals surface area (Å²) in [5.74, 6) is 0. The maximum Gasteiger partial charge on any atom is 0.0788 e. The molecule has 4 heteroatoms. The van der Waals surface area contributed by atoms with E-state index in [2.05, 4.69) is 220 Å². The minimum atomic E-state index is 0.978. The second-order valence-electron chi connectivity index (χ2n) is 15.5. The zero-order valence-corrected chi connectivity index (χ0v) is 31.9. The first-order valence-electron chi connectivity index (χ1n) is 20.2. The Kier molecular flexibility index (Phi) is 6.69. The highest BCUT2D eigenvalue weighted by atomic mass is 15.0. The Labute approximate surface area is 339 Å². The van der Waals surface area contributed by atoms with Gasteiger partial charge in [-0.15, -0.1) is 0 Å². The molecule has 4 aromatic heterocycles. The molecule has 9 aromatic carbocycles. The highest BCUT2D eigenvalue weighted by Crippen LogP contribution is 2.43. The second-order valence-corrected chi connectivity index (χ2v) is 15.5. The minimum Gasteiger partial charge on any atom is -0.309 e. The number of fused-ring (bicyclic) bond motifs is 13. The Bertz CT molecular complexity index is 3810. The van der Waals surface area contributed by atoms with Gasteiger partial charge in [0.2, 0.25) is 0 Å². The molecule has 0 unspecified atom stereocenters. The Hall–Kier alpha value is -7.95. The molecule has 13 rings (SSSR count). The van der Waals surface area contributed by atoms with E-state index in [1.54, 1.807) is 0 Å². The molecule has 0 fully saturated rings. The van der Waals surface area contributed by atoms with Crippen LogP contribution in [-0.4, -0.2) is 18.7 Å². The van der Waals surface area contributed by atoms with Crippen molar-refractivity contribution >= 4 is 87.1 Å². The fraction of sp³-hybridized carbons (Fsp3) is 0. The monoisotopic (exact) mass is 750 g/mol. The Balaban J connectivity index is 1.08. The van der Waals surface area contributed by atoms with Crippen LogP contribution in [0.5, 0.6) is 0 Å². The first-order valence-corrected chi connectivity index (χ1v) is 20.2. The summed E-state index contributed by atoms with van der Waals surface area (Å²) in [6.07, 6.45) is 0. The number of para-hydroxylation sites is 6. The molecule has 0 N–H and O–H groups in total. The van der Waals surface area contributed by atoms with E-state index < -0.39 is 0 Å². The molecule has 0 saturated carbocycles. The zero-order chi connectivity index (χ0) is 38.6. The fourth-order valence-electron chi connectivity index (χ4n) is 9.87. The maximum atomic E-state index is 5.42. The molecule has 0 aliphatic rings. The first kappa shape index (κ1) is 32.2. The summed E-state index contributed by atoms with van der Waals surface area (Å²) in [5.41, 5.74) is 13.6. The van der Waals surface area contributed by atoms with Gasteiger partial charge in [-0.3, -0.25) is 0 Å².